The van der Waals surface area contributed by atoms with Crippen LogP contribution in [0.2, 0.25) is 0 Å². The highest BCUT2D eigenvalue weighted by atomic mass is 16.5. The van der Waals surface area contributed by atoms with E-state index in [9.17, 15) is 0 Å². The van der Waals surface area contributed by atoms with Gasteiger partial charge in [0.25, 0.3) is 0 Å². The van der Waals surface area contributed by atoms with Gasteiger partial charge in [0.2, 0.25) is 0 Å². The maximum Gasteiger partial charge on any atom is 0.0805 e. The highest BCUT2D eigenvalue weighted by molar-refractivity contribution is 4.47. The van der Waals surface area contributed by atoms with Gasteiger partial charge in [0, 0.05) is 6.61 Å². The van der Waals surface area contributed by atoms with Crippen LogP contribution in [0.5, 0.6) is 0 Å². The molecule has 0 heterocycles. The average Bonchev–Trinajstić information content (AvgIpc) is 2.26. The second-order valence-corrected chi connectivity index (χ2v) is 4.29. The molecule has 1 radical (unpaired) electrons. The first-order chi connectivity index (χ1) is 7.41. The standard InChI is InChI=1S/C14H29O/c1-3-5-6-7-8-9-10-11-12-13-14-15-4-2/h4H,3,5-14H2,1-2H3. The molecule has 0 aliphatic carbocycles. The van der Waals surface area contributed by atoms with Crippen LogP contribution >= 0.6 is 0 Å². The molecule has 1 heteroatoms. The summed E-state index contributed by atoms with van der Waals surface area (Å²) in [5.74, 6) is 0. The van der Waals surface area contributed by atoms with E-state index in [0.717, 1.165) is 6.61 Å². The molecule has 0 atom stereocenters. The van der Waals surface area contributed by atoms with Crippen molar-refractivity contribution < 1.29 is 4.74 Å². The van der Waals surface area contributed by atoms with Crippen LogP contribution in [-0.2, 0) is 4.74 Å². The second-order valence-electron chi connectivity index (χ2n) is 4.29. The van der Waals surface area contributed by atoms with Gasteiger partial charge in [-0.2, -0.15) is 0 Å². The van der Waals surface area contributed by atoms with Gasteiger partial charge in [-0.3, -0.25) is 0 Å². The first-order valence-electron chi connectivity index (χ1n) is 6.81. The lowest BCUT2D eigenvalue weighted by Gasteiger charge is -2.02. The third kappa shape index (κ3) is 14.0. The molecule has 0 aliphatic heterocycles. The number of hydrogen-bond acceptors (Lipinski definition) is 1. The molecule has 0 amide bonds. The van der Waals surface area contributed by atoms with E-state index in [0.29, 0.717) is 0 Å². The Kier molecular flexibility index (Phi) is 13.9. The Labute approximate surface area is 96.6 Å². The largest absolute Gasteiger partial charge is 0.376 e. The molecule has 0 aromatic heterocycles. The Morgan fingerprint density at radius 3 is 1.67 bits per heavy atom. The van der Waals surface area contributed by atoms with Crippen LogP contribution in [0, 0.1) is 6.61 Å². The molecule has 0 unspecified atom stereocenters. The van der Waals surface area contributed by atoms with Crippen molar-refractivity contribution in [3.8, 4) is 0 Å². The van der Waals surface area contributed by atoms with Crippen molar-refractivity contribution in [1.82, 2.24) is 0 Å². The van der Waals surface area contributed by atoms with Crippen LogP contribution in [0.3, 0.4) is 0 Å². The summed E-state index contributed by atoms with van der Waals surface area (Å²) in [5, 5.41) is 0. The SMILES string of the molecule is C[CH]OCCCCCCCCCCCC. The third-order valence-corrected chi connectivity index (χ3v) is 2.78. The molecule has 0 fully saturated rings. The van der Waals surface area contributed by atoms with Crippen molar-refractivity contribution in [1.29, 1.82) is 0 Å². The van der Waals surface area contributed by atoms with Crippen LogP contribution in [0.25, 0.3) is 0 Å². The van der Waals surface area contributed by atoms with Crippen LogP contribution < -0.4 is 0 Å². The molecular weight excluding hydrogens is 184 g/mol. The molecule has 0 saturated carbocycles. The van der Waals surface area contributed by atoms with Gasteiger partial charge < -0.3 is 4.74 Å². The first kappa shape index (κ1) is 15.0. The highest BCUT2D eigenvalue weighted by Crippen LogP contribution is 2.10. The molecule has 0 aromatic rings. The van der Waals surface area contributed by atoms with Gasteiger partial charge in [-0.25, -0.2) is 0 Å². The summed E-state index contributed by atoms with van der Waals surface area (Å²) in [5.41, 5.74) is 0. The molecule has 0 aromatic carbocycles. The van der Waals surface area contributed by atoms with Crippen LogP contribution in [-0.4, -0.2) is 6.61 Å². The summed E-state index contributed by atoms with van der Waals surface area (Å²) in [6, 6.07) is 0. The molecular formula is C14H29O. The van der Waals surface area contributed by atoms with Crippen LogP contribution in [0.4, 0.5) is 0 Å². The van der Waals surface area contributed by atoms with Gasteiger partial charge in [-0.05, 0) is 13.3 Å². The molecule has 91 valence electrons. The van der Waals surface area contributed by atoms with Crippen LogP contribution in [0.15, 0.2) is 0 Å². The van der Waals surface area contributed by atoms with Crippen molar-refractivity contribution in [2.75, 3.05) is 6.61 Å². The zero-order valence-electron chi connectivity index (χ0n) is 10.8. The molecule has 0 rings (SSSR count). The van der Waals surface area contributed by atoms with E-state index in [-0.39, 0.29) is 0 Å². The van der Waals surface area contributed by atoms with E-state index in [2.05, 4.69) is 6.92 Å². The molecule has 0 N–H and O–H groups in total. The van der Waals surface area contributed by atoms with E-state index in [1.54, 1.807) is 6.61 Å². The smallest absolute Gasteiger partial charge is 0.0805 e. The Balaban J connectivity index is 2.81. The lowest BCUT2D eigenvalue weighted by molar-refractivity contribution is 0.197. The van der Waals surface area contributed by atoms with Gasteiger partial charge in [-0.1, -0.05) is 64.7 Å². The van der Waals surface area contributed by atoms with Crippen molar-refractivity contribution >= 4 is 0 Å². The van der Waals surface area contributed by atoms with Crippen LogP contribution in [0.1, 0.15) is 78.1 Å². The zero-order chi connectivity index (χ0) is 11.2. The number of ether oxygens (including phenoxy) is 1. The highest BCUT2D eigenvalue weighted by Gasteiger charge is 1.92. The summed E-state index contributed by atoms with van der Waals surface area (Å²) in [6.07, 6.45) is 13.9. The predicted octanol–water partition coefficient (Wildman–Crippen LogP) is 5.11. The maximum absolute atomic E-state index is 5.18. The summed E-state index contributed by atoms with van der Waals surface area (Å²) in [7, 11) is 0. The summed E-state index contributed by atoms with van der Waals surface area (Å²) in [6.45, 7) is 6.91. The van der Waals surface area contributed by atoms with Gasteiger partial charge in [0.05, 0.1) is 6.61 Å². The van der Waals surface area contributed by atoms with Crippen molar-refractivity contribution in [3.05, 3.63) is 6.61 Å². The minimum atomic E-state index is 0.910. The van der Waals surface area contributed by atoms with Crippen molar-refractivity contribution in [2.45, 2.75) is 78.1 Å². The van der Waals surface area contributed by atoms with Gasteiger partial charge >= 0.3 is 0 Å². The Morgan fingerprint density at radius 2 is 1.20 bits per heavy atom. The fraction of sp³-hybridized carbons (Fsp3) is 0.929. The molecule has 1 nitrogen and oxygen atoms in total. The molecule has 0 spiro atoms. The molecule has 0 saturated heterocycles. The van der Waals surface area contributed by atoms with E-state index < -0.39 is 0 Å². The summed E-state index contributed by atoms with van der Waals surface area (Å²) >= 11 is 0. The lowest BCUT2D eigenvalue weighted by Crippen LogP contribution is -1.89. The maximum atomic E-state index is 5.18. The summed E-state index contributed by atoms with van der Waals surface area (Å²) in [4.78, 5) is 0. The van der Waals surface area contributed by atoms with Crippen molar-refractivity contribution in [2.24, 2.45) is 0 Å². The van der Waals surface area contributed by atoms with Gasteiger partial charge in [0.1, 0.15) is 0 Å². The topological polar surface area (TPSA) is 9.23 Å². The van der Waals surface area contributed by atoms with E-state index in [4.69, 9.17) is 4.74 Å². The molecule has 0 bridgehead atoms. The molecule has 15 heavy (non-hydrogen) atoms. The minimum Gasteiger partial charge on any atom is -0.376 e. The minimum absolute atomic E-state index is 0.910. The first-order valence-corrected chi connectivity index (χ1v) is 6.81. The normalized spacial score (nSPS) is 10.8. The van der Waals surface area contributed by atoms with Crippen molar-refractivity contribution in [3.63, 3.8) is 0 Å². The quantitative estimate of drug-likeness (QED) is 0.409. The lowest BCUT2D eigenvalue weighted by atomic mass is 10.1. The Hall–Kier alpha value is -0.0400. The van der Waals surface area contributed by atoms with Gasteiger partial charge in [-0.15, -0.1) is 0 Å². The number of unbranched alkanes of at least 4 members (excludes halogenated alkanes) is 9. The van der Waals surface area contributed by atoms with E-state index in [1.807, 2.05) is 6.92 Å². The fourth-order valence-electron chi connectivity index (χ4n) is 1.79. The second kappa shape index (κ2) is 14.0. The predicted molar refractivity (Wildman–Crippen MR) is 67.8 cm³/mol. The summed E-state index contributed by atoms with van der Waals surface area (Å²) < 4.78 is 5.18. The third-order valence-electron chi connectivity index (χ3n) is 2.78. The van der Waals surface area contributed by atoms with Gasteiger partial charge in [0.15, 0.2) is 0 Å². The number of hydrogen-bond donors (Lipinski definition) is 0. The fourth-order valence-corrected chi connectivity index (χ4v) is 1.79. The zero-order valence-corrected chi connectivity index (χ0v) is 10.8. The Bertz CT molecular complexity index is 89.5. The Morgan fingerprint density at radius 1 is 0.733 bits per heavy atom. The average molecular weight is 213 g/mol. The number of rotatable bonds is 12. The van der Waals surface area contributed by atoms with E-state index in [1.165, 1.54) is 64.2 Å². The van der Waals surface area contributed by atoms with E-state index >= 15 is 0 Å². The monoisotopic (exact) mass is 213 g/mol. The molecule has 0 aliphatic rings.